The lowest BCUT2D eigenvalue weighted by Crippen LogP contribution is -2.28. The highest BCUT2D eigenvalue weighted by atomic mass is 14.6. The molecule has 0 amide bonds. The molecule has 1 aliphatic carbocycles. The van der Waals surface area contributed by atoms with Crippen molar-refractivity contribution in [3.05, 3.63) is 195 Å². The summed E-state index contributed by atoms with van der Waals surface area (Å²) < 4.78 is 0. The second-order valence-corrected chi connectivity index (χ2v) is 11.5. The van der Waals surface area contributed by atoms with E-state index in [0.717, 1.165) is 12.8 Å². The standard InChI is InChI=1S/C40H33N/c1-28-20-29(2)22-33(21-28)24-31-16-18-37-36-17-15-30(23-32-10-9-19-41-27-32)25-38(36)40(39(37)26-31,34-11-5-3-6-12-34)35-13-7-4-8-14-35/h3-22,25-27H,23-24H2,1-2H3. The zero-order valence-corrected chi connectivity index (χ0v) is 23.6. The minimum atomic E-state index is -0.406. The number of aromatic nitrogens is 1. The summed E-state index contributed by atoms with van der Waals surface area (Å²) in [4.78, 5) is 4.36. The van der Waals surface area contributed by atoms with Crippen molar-refractivity contribution in [1.29, 1.82) is 0 Å². The van der Waals surface area contributed by atoms with Gasteiger partial charge < -0.3 is 0 Å². The summed E-state index contributed by atoms with van der Waals surface area (Å²) in [7, 11) is 0. The quantitative estimate of drug-likeness (QED) is 0.210. The molecule has 6 aromatic rings. The maximum Gasteiger partial charge on any atom is 0.0713 e. The highest BCUT2D eigenvalue weighted by Gasteiger charge is 2.46. The summed E-state index contributed by atoms with van der Waals surface area (Å²) in [6, 6.07) is 47.5. The molecule has 41 heavy (non-hydrogen) atoms. The van der Waals surface area contributed by atoms with Gasteiger partial charge in [-0.1, -0.05) is 132 Å². The fourth-order valence-electron chi connectivity index (χ4n) is 6.95. The third kappa shape index (κ3) is 4.48. The Morgan fingerprint density at radius 3 is 1.54 bits per heavy atom. The maximum atomic E-state index is 4.36. The van der Waals surface area contributed by atoms with Gasteiger partial charge in [0, 0.05) is 12.4 Å². The van der Waals surface area contributed by atoms with Gasteiger partial charge in [-0.15, -0.1) is 0 Å². The van der Waals surface area contributed by atoms with Crippen molar-refractivity contribution < 1.29 is 0 Å². The van der Waals surface area contributed by atoms with Crippen LogP contribution in [0, 0.1) is 13.8 Å². The molecule has 0 radical (unpaired) electrons. The predicted octanol–water partition coefficient (Wildman–Crippen LogP) is 9.24. The van der Waals surface area contributed by atoms with Crippen molar-refractivity contribution in [2.45, 2.75) is 32.1 Å². The van der Waals surface area contributed by atoms with Gasteiger partial charge in [-0.3, -0.25) is 4.98 Å². The van der Waals surface area contributed by atoms with E-state index in [1.165, 1.54) is 66.8 Å². The van der Waals surface area contributed by atoms with Crippen LogP contribution >= 0.6 is 0 Å². The molecule has 1 aromatic heterocycles. The van der Waals surface area contributed by atoms with Gasteiger partial charge in [0.25, 0.3) is 0 Å². The molecule has 5 aromatic carbocycles. The van der Waals surface area contributed by atoms with Gasteiger partial charge in [0.1, 0.15) is 0 Å². The Bertz CT molecular complexity index is 1780. The van der Waals surface area contributed by atoms with Gasteiger partial charge in [0.15, 0.2) is 0 Å². The lowest BCUT2D eigenvalue weighted by molar-refractivity contribution is 0.765. The second-order valence-electron chi connectivity index (χ2n) is 11.5. The first-order valence-electron chi connectivity index (χ1n) is 14.5. The molecule has 0 bridgehead atoms. The van der Waals surface area contributed by atoms with Crippen LogP contribution in [0.2, 0.25) is 0 Å². The molecule has 1 heterocycles. The van der Waals surface area contributed by atoms with Gasteiger partial charge in [0.05, 0.1) is 5.41 Å². The van der Waals surface area contributed by atoms with Crippen LogP contribution in [0.5, 0.6) is 0 Å². The summed E-state index contributed by atoms with van der Waals surface area (Å²) in [5.41, 5.74) is 15.4. The monoisotopic (exact) mass is 527 g/mol. The third-order valence-electron chi connectivity index (χ3n) is 8.50. The Morgan fingerprint density at radius 2 is 1.02 bits per heavy atom. The Morgan fingerprint density at radius 1 is 0.488 bits per heavy atom. The van der Waals surface area contributed by atoms with Crippen molar-refractivity contribution in [1.82, 2.24) is 4.98 Å². The van der Waals surface area contributed by atoms with Crippen LogP contribution in [0.4, 0.5) is 0 Å². The predicted molar refractivity (Wildman–Crippen MR) is 170 cm³/mol. The van der Waals surface area contributed by atoms with Gasteiger partial charge in [-0.05, 0) is 88.4 Å². The fourth-order valence-corrected chi connectivity index (χ4v) is 6.95. The zero-order chi connectivity index (χ0) is 27.8. The average Bonchev–Trinajstić information content (AvgIpc) is 3.28. The molecular formula is C40H33N. The molecule has 1 heteroatoms. The number of hydrogen-bond donors (Lipinski definition) is 0. The Balaban J connectivity index is 1.46. The molecule has 198 valence electrons. The Hall–Kier alpha value is -4.75. The molecule has 0 spiro atoms. The SMILES string of the molecule is Cc1cc(C)cc(Cc2ccc3c(c2)C(c2ccccc2)(c2ccccc2)c2cc(Cc4cccnc4)ccc2-3)c1. The van der Waals surface area contributed by atoms with E-state index in [2.05, 4.69) is 140 Å². The van der Waals surface area contributed by atoms with Crippen LogP contribution in [0.25, 0.3) is 11.1 Å². The molecule has 0 saturated carbocycles. The minimum Gasteiger partial charge on any atom is -0.264 e. The molecule has 0 unspecified atom stereocenters. The molecule has 1 aliphatic rings. The molecular weight excluding hydrogens is 494 g/mol. The number of fused-ring (bicyclic) bond motifs is 3. The van der Waals surface area contributed by atoms with Crippen LogP contribution in [0.3, 0.4) is 0 Å². The smallest absolute Gasteiger partial charge is 0.0713 e. The van der Waals surface area contributed by atoms with Crippen LogP contribution in [-0.4, -0.2) is 4.98 Å². The van der Waals surface area contributed by atoms with E-state index in [9.17, 15) is 0 Å². The van der Waals surface area contributed by atoms with E-state index in [1.807, 2.05) is 18.5 Å². The minimum absolute atomic E-state index is 0.406. The van der Waals surface area contributed by atoms with Crippen LogP contribution in [0.1, 0.15) is 55.6 Å². The van der Waals surface area contributed by atoms with Crippen molar-refractivity contribution in [2.75, 3.05) is 0 Å². The Kier molecular flexibility index (Phi) is 6.36. The van der Waals surface area contributed by atoms with E-state index in [0.29, 0.717) is 0 Å². The zero-order valence-electron chi connectivity index (χ0n) is 23.6. The number of nitrogens with zero attached hydrogens (tertiary/aromatic N) is 1. The summed E-state index contributed by atoms with van der Waals surface area (Å²) in [5.74, 6) is 0. The van der Waals surface area contributed by atoms with E-state index in [4.69, 9.17) is 0 Å². The van der Waals surface area contributed by atoms with E-state index < -0.39 is 5.41 Å². The average molecular weight is 528 g/mol. The number of aryl methyl sites for hydroxylation is 2. The van der Waals surface area contributed by atoms with Gasteiger partial charge in [0.2, 0.25) is 0 Å². The normalized spacial score (nSPS) is 13.0. The lowest BCUT2D eigenvalue weighted by Gasteiger charge is -2.34. The molecule has 0 aliphatic heterocycles. The molecule has 0 saturated heterocycles. The molecule has 1 nitrogen and oxygen atoms in total. The summed E-state index contributed by atoms with van der Waals surface area (Å²) in [6.07, 6.45) is 5.59. The highest BCUT2D eigenvalue weighted by molar-refractivity contribution is 5.86. The summed E-state index contributed by atoms with van der Waals surface area (Å²) in [6.45, 7) is 4.38. The third-order valence-corrected chi connectivity index (χ3v) is 8.50. The molecule has 0 N–H and O–H groups in total. The Labute approximate surface area is 243 Å². The van der Waals surface area contributed by atoms with Crippen molar-refractivity contribution >= 4 is 0 Å². The van der Waals surface area contributed by atoms with Crippen molar-refractivity contribution in [2.24, 2.45) is 0 Å². The van der Waals surface area contributed by atoms with Crippen molar-refractivity contribution in [3.63, 3.8) is 0 Å². The largest absolute Gasteiger partial charge is 0.264 e. The highest BCUT2D eigenvalue weighted by Crippen LogP contribution is 2.56. The summed E-state index contributed by atoms with van der Waals surface area (Å²) in [5, 5.41) is 0. The van der Waals surface area contributed by atoms with Crippen LogP contribution in [-0.2, 0) is 18.3 Å². The van der Waals surface area contributed by atoms with Gasteiger partial charge in [-0.2, -0.15) is 0 Å². The second kappa shape index (κ2) is 10.3. The topological polar surface area (TPSA) is 12.9 Å². The lowest BCUT2D eigenvalue weighted by atomic mass is 9.67. The number of rotatable bonds is 6. The first kappa shape index (κ1) is 25.2. The van der Waals surface area contributed by atoms with E-state index in [1.54, 1.807) is 0 Å². The number of pyridine rings is 1. The molecule has 0 atom stereocenters. The van der Waals surface area contributed by atoms with E-state index in [-0.39, 0.29) is 0 Å². The van der Waals surface area contributed by atoms with E-state index >= 15 is 0 Å². The summed E-state index contributed by atoms with van der Waals surface area (Å²) >= 11 is 0. The van der Waals surface area contributed by atoms with Gasteiger partial charge >= 0.3 is 0 Å². The van der Waals surface area contributed by atoms with Gasteiger partial charge in [-0.25, -0.2) is 0 Å². The molecule has 7 rings (SSSR count). The maximum absolute atomic E-state index is 4.36. The molecule has 0 fully saturated rings. The fraction of sp³-hybridized carbons (Fsp3) is 0.125. The first-order chi connectivity index (χ1) is 20.1. The number of hydrogen-bond acceptors (Lipinski definition) is 1. The number of benzene rings is 5. The van der Waals surface area contributed by atoms with Crippen LogP contribution < -0.4 is 0 Å². The first-order valence-corrected chi connectivity index (χ1v) is 14.5. The van der Waals surface area contributed by atoms with Crippen LogP contribution in [0.15, 0.2) is 140 Å². The van der Waals surface area contributed by atoms with Crippen molar-refractivity contribution in [3.8, 4) is 11.1 Å².